The summed E-state index contributed by atoms with van der Waals surface area (Å²) in [4.78, 5) is 10.4. The number of carboxylic acids is 1. The molecule has 0 heterocycles. The molecule has 0 spiro atoms. The predicted octanol–water partition coefficient (Wildman–Crippen LogP) is 5.02. The Bertz CT molecular complexity index is 414. The van der Waals surface area contributed by atoms with Gasteiger partial charge < -0.3 is 9.84 Å². The van der Waals surface area contributed by atoms with E-state index >= 15 is 0 Å². The van der Waals surface area contributed by atoms with Crippen molar-refractivity contribution in [3.63, 3.8) is 0 Å². The first kappa shape index (κ1) is 21.5. The van der Waals surface area contributed by atoms with E-state index < -0.39 is 5.97 Å². The molecule has 1 aromatic carbocycles. The van der Waals surface area contributed by atoms with Crippen LogP contribution < -0.4 is 4.74 Å². The zero-order valence-electron chi connectivity index (χ0n) is 11.3. The van der Waals surface area contributed by atoms with Crippen molar-refractivity contribution in [1.29, 1.82) is 0 Å². The van der Waals surface area contributed by atoms with Gasteiger partial charge in [-0.1, -0.05) is 22.3 Å². The molecule has 3 nitrogen and oxygen atoms in total. The van der Waals surface area contributed by atoms with Gasteiger partial charge in [0.25, 0.3) is 0 Å². The van der Waals surface area contributed by atoms with Gasteiger partial charge in [-0.3, -0.25) is 0 Å². The lowest BCUT2D eigenvalue weighted by Gasteiger charge is -2.12. The van der Waals surface area contributed by atoms with E-state index in [0.29, 0.717) is 5.75 Å². The van der Waals surface area contributed by atoms with Gasteiger partial charge in [0, 0.05) is 0 Å². The summed E-state index contributed by atoms with van der Waals surface area (Å²) in [6.45, 7) is 7.57. The molecule has 19 heavy (non-hydrogen) atoms. The SMILES string of the molecule is CC.Cc1cc(Br)c(OCC(=O)O)c(Br)c1C.PS. The standard InChI is InChI=1S/C10H10Br2O3.C2H6.H3PS/c1-5-3-7(11)10(9(12)6(5)2)15-4-8(13)14;2*1-2/h3H,4H2,1-2H3,(H,13,14);1-2H3;2H,1H2. The summed E-state index contributed by atoms with van der Waals surface area (Å²) >= 11 is 10.2. The fourth-order valence-corrected chi connectivity index (χ4v) is 2.64. The second-order valence-corrected chi connectivity index (χ2v) is 4.77. The van der Waals surface area contributed by atoms with E-state index in [0.717, 1.165) is 20.1 Å². The minimum absolute atomic E-state index is 0.348. The van der Waals surface area contributed by atoms with Crippen LogP contribution in [-0.4, -0.2) is 17.7 Å². The van der Waals surface area contributed by atoms with E-state index in [1.54, 1.807) is 0 Å². The molecule has 1 rings (SSSR count). The van der Waals surface area contributed by atoms with Crippen LogP contribution in [0.15, 0.2) is 15.0 Å². The maximum absolute atomic E-state index is 10.4. The van der Waals surface area contributed by atoms with Crippen LogP contribution in [-0.2, 0) is 4.79 Å². The molecule has 0 saturated heterocycles. The maximum Gasteiger partial charge on any atom is 0.341 e. The number of halogens is 2. The molecule has 110 valence electrons. The molecule has 1 N–H and O–H groups in total. The summed E-state index contributed by atoms with van der Waals surface area (Å²) in [6.07, 6.45) is 0. The molecule has 1 unspecified atom stereocenters. The van der Waals surface area contributed by atoms with Crippen molar-refractivity contribution in [3.8, 4) is 5.75 Å². The average molecular weight is 434 g/mol. The third-order valence-corrected chi connectivity index (χ3v) is 3.56. The third kappa shape index (κ3) is 7.54. The molecule has 0 aliphatic heterocycles. The Balaban J connectivity index is 0. The lowest BCUT2D eigenvalue weighted by atomic mass is 10.1. The fourth-order valence-electron chi connectivity index (χ4n) is 1.08. The van der Waals surface area contributed by atoms with Gasteiger partial charge in [0.1, 0.15) is 5.75 Å². The summed E-state index contributed by atoms with van der Waals surface area (Å²) < 4.78 is 6.71. The number of aliphatic carboxylic acids is 1. The van der Waals surface area contributed by atoms with Crippen LogP contribution in [0.25, 0.3) is 0 Å². The Kier molecular flexibility index (Phi) is 13.6. The van der Waals surface area contributed by atoms with Gasteiger partial charge in [0.2, 0.25) is 0 Å². The van der Waals surface area contributed by atoms with E-state index in [9.17, 15) is 4.79 Å². The molecular formula is C12H19Br2O3PS. The highest BCUT2D eigenvalue weighted by Crippen LogP contribution is 2.37. The van der Waals surface area contributed by atoms with Crippen LogP contribution in [0.2, 0.25) is 0 Å². The highest BCUT2D eigenvalue weighted by molar-refractivity contribution is 9.11. The lowest BCUT2D eigenvalue weighted by Crippen LogP contribution is -2.10. The molecule has 1 aromatic rings. The second-order valence-electron chi connectivity index (χ2n) is 3.13. The van der Waals surface area contributed by atoms with Crippen molar-refractivity contribution in [2.24, 2.45) is 0 Å². The number of hydrogen-bond donors (Lipinski definition) is 2. The van der Waals surface area contributed by atoms with E-state index in [1.807, 2.05) is 33.8 Å². The van der Waals surface area contributed by atoms with Crippen LogP contribution in [0.3, 0.4) is 0 Å². The first-order chi connectivity index (χ1) is 8.93. The van der Waals surface area contributed by atoms with Crippen molar-refractivity contribution >= 4 is 58.5 Å². The Morgan fingerprint density at radius 3 is 2.26 bits per heavy atom. The van der Waals surface area contributed by atoms with E-state index in [2.05, 4.69) is 52.6 Å². The fraction of sp³-hybridized carbons (Fsp3) is 0.417. The smallest absolute Gasteiger partial charge is 0.341 e. The molecule has 0 aliphatic rings. The number of benzene rings is 1. The minimum atomic E-state index is -0.993. The van der Waals surface area contributed by atoms with E-state index in [-0.39, 0.29) is 6.61 Å². The van der Waals surface area contributed by atoms with Crippen molar-refractivity contribution in [2.45, 2.75) is 27.7 Å². The molecule has 0 aliphatic carbocycles. The van der Waals surface area contributed by atoms with E-state index in [4.69, 9.17) is 9.84 Å². The average Bonchev–Trinajstić information content (AvgIpc) is 2.40. The van der Waals surface area contributed by atoms with Gasteiger partial charge in [-0.25, -0.2) is 4.79 Å². The summed E-state index contributed by atoms with van der Waals surface area (Å²) in [5, 5.41) is 8.52. The second kappa shape index (κ2) is 12.0. The topological polar surface area (TPSA) is 46.5 Å². The molecule has 7 heteroatoms. The Morgan fingerprint density at radius 1 is 1.37 bits per heavy atom. The van der Waals surface area contributed by atoms with Gasteiger partial charge in [-0.2, -0.15) is 12.2 Å². The number of rotatable bonds is 3. The molecule has 0 bridgehead atoms. The van der Waals surface area contributed by atoms with Crippen molar-refractivity contribution in [1.82, 2.24) is 0 Å². The number of carbonyl (C=O) groups is 1. The van der Waals surface area contributed by atoms with Crippen molar-refractivity contribution < 1.29 is 14.6 Å². The molecule has 0 saturated carbocycles. The number of carboxylic acid groups (broad SMARTS) is 1. The first-order valence-corrected chi connectivity index (χ1v) is 9.14. The van der Waals surface area contributed by atoms with Crippen LogP contribution in [0.4, 0.5) is 0 Å². The predicted molar refractivity (Wildman–Crippen MR) is 94.5 cm³/mol. The maximum atomic E-state index is 10.4. The largest absolute Gasteiger partial charge is 0.480 e. The van der Waals surface area contributed by atoms with Crippen LogP contribution >= 0.6 is 52.6 Å². The Hall–Kier alpha value is 0.230. The lowest BCUT2D eigenvalue weighted by molar-refractivity contribution is -0.139. The van der Waals surface area contributed by atoms with Crippen LogP contribution in [0.1, 0.15) is 25.0 Å². The number of thiol groups is 1. The van der Waals surface area contributed by atoms with Gasteiger partial charge in [0.15, 0.2) is 6.61 Å². The number of aryl methyl sites for hydroxylation is 1. The molecular weight excluding hydrogens is 415 g/mol. The summed E-state index contributed by atoms with van der Waals surface area (Å²) in [7, 11) is 2.11. The Morgan fingerprint density at radius 2 is 1.84 bits per heavy atom. The van der Waals surface area contributed by atoms with E-state index in [1.165, 1.54) is 0 Å². The van der Waals surface area contributed by atoms with Gasteiger partial charge in [-0.15, -0.1) is 0 Å². The zero-order chi connectivity index (χ0) is 15.6. The van der Waals surface area contributed by atoms with Crippen molar-refractivity contribution in [2.75, 3.05) is 6.61 Å². The van der Waals surface area contributed by atoms with Gasteiger partial charge >= 0.3 is 5.97 Å². The molecule has 0 fully saturated rings. The monoisotopic (exact) mass is 432 g/mol. The van der Waals surface area contributed by atoms with Crippen LogP contribution in [0, 0.1) is 13.8 Å². The number of ether oxygens (including phenoxy) is 1. The van der Waals surface area contributed by atoms with Gasteiger partial charge in [-0.05, 0) is 62.9 Å². The van der Waals surface area contributed by atoms with Gasteiger partial charge in [0.05, 0.1) is 8.95 Å². The van der Waals surface area contributed by atoms with Crippen LogP contribution in [0.5, 0.6) is 5.75 Å². The molecule has 0 aromatic heterocycles. The van der Waals surface area contributed by atoms with Crippen molar-refractivity contribution in [3.05, 3.63) is 26.1 Å². The Labute approximate surface area is 139 Å². The normalized spacial score (nSPS) is 8.63. The highest BCUT2D eigenvalue weighted by Gasteiger charge is 2.12. The molecule has 0 amide bonds. The summed E-state index contributed by atoms with van der Waals surface area (Å²) in [5.74, 6) is -0.465. The molecule has 1 atom stereocenters. The first-order valence-electron chi connectivity index (χ1n) is 5.49. The summed E-state index contributed by atoms with van der Waals surface area (Å²) in [6, 6.07) is 1.90. The zero-order valence-corrected chi connectivity index (χ0v) is 16.5. The number of hydrogen-bond acceptors (Lipinski definition) is 3. The molecule has 0 radical (unpaired) electrons. The highest BCUT2D eigenvalue weighted by atomic mass is 79.9. The minimum Gasteiger partial charge on any atom is -0.480 e. The quantitative estimate of drug-likeness (QED) is 0.519. The summed E-state index contributed by atoms with van der Waals surface area (Å²) in [5.41, 5.74) is 2.15. The third-order valence-electron chi connectivity index (χ3n) is 2.02.